The zero-order chi connectivity index (χ0) is 14.7. The lowest BCUT2D eigenvalue weighted by atomic mass is 9.72. The van der Waals surface area contributed by atoms with Gasteiger partial charge < -0.3 is 5.32 Å². The number of hydrogen-bond donors (Lipinski definition) is 1. The van der Waals surface area contributed by atoms with Gasteiger partial charge in [-0.25, -0.2) is 0 Å². The Labute approximate surface area is 125 Å². The standard InChI is InChI=1S/C19H31N/c1-13-8-14(2)10-18(9-13)19(20-5)12-17-7-6-15(3)16(4)11-17/h6-7,11,13-14,18-20H,8-10,12H2,1-5H3. The van der Waals surface area contributed by atoms with Gasteiger partial charge in [-0.3, -0.25) is 0 Å². The molecule has 1 heteroatoms. The van der Waals surface area contributed by atoms with Crippen molar-refractivity contribution < 1.29 is 0 Å². The molecule has 0 amide bonds. The molecule has 1 nitrogen and oxygen atoms in total. The van der Waals surface area contributed by atoms with Crippen LogP contribution in [0.25, 0.3) is 0 Å². The fourth-order valence-electron chi connectivity index (χ4n) is 4.03. The van der Waals surface area contributed by atoms with E-state index in [9.17, 15) is 0 Å². The molecule has 2 rings (SSSR count). The molecule has 0 heterocycles. The van der Waals surface area contributed by atoms with Crippen LogP contribution < -0.4 is 5.32 Å². The van der Waals surface area contributed by atoms with Crippen LogP contribution in [-0.2, 0) is 6.42 Å². The number of hydrogen-bond acceptors (Lipinski definition) is 1. The minimum Gasteiger partial charge on any atom is -0.316 e. The normalized spacial score (nSPS) is 28.4. The smallest absolute Gasteiger partial charge is 0.0133 e. The second-order valence-corrected chi connectivity index (χ2v) is 7.20. The van der Waals surface area contributed by atoms with E-state index in [4.69, 9.17) is 0 Å². The summed E-state index contributed by atoms with van der Waals surface area (Å²) in [5.74, 6) is 2.61. The van der Waals surface area contributed by atoms with E-state index >= 15 is 0 Å². The second-order valence-electron chi connectivity index (χ2n) is 7.20. The Hall–Kier alpha value is -0.820. The summed E-state index contributed by atoms with van der Waals surface area (Å²) in [5.41, 5.74) is 4.30. The highest BCUT2D eigenvalue weighted by molar-refractivity contribution is 5.30. The quantitative estimate of drug-likeness (QED) is 0.851. The van der Waals surface area contributed by atoms with Gasteiger partial charge in [0.05, 0.1) is 0 Å². The van der Waals surface area contributed by atoms with Gasteiger partial charge in [0.1, 0.15) is 0 Å². The van der Waals surface area contributed by atoms with Crippen LogP contribution in [0.3, 0.4) is 0 Å². The third-order valence-corrected chi connectivity index (χ3v) is 5.18. The van der Waals surface area contributed by atoms with E-state index < -0.39 is 0 Å². The molecule has 112 valence electrons. The average molecular weight is 273 g/mol. The van der Waals surface area contributed by atoms with Crippen molar-refractivity contribution in [1.82, 2.24) is 5.32 Å². The van der Waals surface area contributed by atoms with Crippen LogP contribution in [0.5, 0.6) is 0 Å². The second kappa shape index (κ2) is 6.76. The van der Waals surface area contributed by atoms with Gasteiger partial charge in [-0.05, 0) is 81.0 Å². The Morgan fingerprint density at radius 1 is 1.05 bits per heavy atom. The highest BCUT2D eigenvalue weighted by atomic mass is 14.9. The molecular formula is C19H31N. The third kappa shape index (κ3) is 3.85. The summed E-state index contributed by atoms with van der Waals surface area (Å²) in [7, 11) is 2.13. The van der Waals surface area contributed by atoms with Crippen LogP contribution in [0.1, 0.15) is 49.8 Å². The maximum atomic E-state index is 3.60. The van der Waals surface area contributed by atoms with E-state index in [1.807, 2.05) is 0 Å². The van der Waals surface area contributed by atoms with E-state index in [-0.39, 0.29) is 0 Å². The molecule has 1 aromatic carbocycles. The van der Waals surface area contributed by atoms with Crippen molar-refractivity contribution in [3.63, 3.8) is 0 Å². The van der Waals surface area contributed by atoms with Crippen molar-refractivity contribution in [2.24, 2.45) is 17.8 Å². The van der Waals surface area contributed by atoms with Gasteiger partial charge >= 0.3 is 0 Å². The number of nitrogens with one attached hydrogen (secondary N) is 1. The lowest BCUT2D eigenvalue weighted by Crippen LogP contribution is -2.39. The molecule has 1 N–H and O–H groups in total. The summed E-state index contributed by atoms with van der Waals surface area (Å²) in [5, 5.41) is 3.60. The van der Waals surface area contributed by atoms with E-state index in [0.717, 1.165) is 17.8 Å². The Morgan fingerprint density at radius 2 is 1.70 bits per heavy atom. The summed E-state index contributed by atoms with van der Waals surface area (Å²) in [4.78, 5) is 0. The maximum absolute atomic E-state index is 3.60. The van der Waals surface area contributed by atoms with Gasteiger partial charge in [-0.15, -0.1) is 0 Å². The summed E-state index contributed by atoms with van der Waals surface area (Å²) >= 11 is 0. The van der Waals surface area contributed by atoms with Crippen LogP contribution in [0, 0.1) is 31.6 Å². The Balaban J connectivity index is 2.06. The molecule has 1 saturated carbocycles. The first-order valence-corrected chi connectivity index (χ1v) is 8.23. The number of rotatable bonds is 4. The van der Waals surface area contributed by atoms with Crippen molar-refractivity contribution in [3.8, 4) is 0 Å². The molecule has 0 radical (unpaired) electrons. The SMILES string of the molecule is CNC(Cc1ccc(C)c(C)c1)C1CC(C)CC(C)C1. The summed E-state index contributed by atoms with van der Waals surface area (Å²) in [6.45, 7) is 9.26. The van der Waals surface area contributed by atoms with E-state index in [1.54, 1.807) is 0 Å². The first kappa shape index (κ1) is 15.6. The molecule has 0 bridgehead atoms. The van der Waals surface area contributed by atoms with Crippen LogP contribution in [0.2, 0.25) is 0 Å². The topological polar surface area (TPSA) is 12.0 Å². The highest BCUT2D eigenvalue weighted by Crippen LogP contribution is 2.35. The highest BCUT2D eigenvalue weighted by Gasteiger charge is 2.29. The zero-order valence-electron chi connectivity index (χ0n) is 13.9. The van der Waals surface area contributed by atoms with Crippen molar-refractivity contribution in [2.45, 2.75) is 59.4 Å². The van der Waals surface area contributed by atoms with Crippen molar-refractivity contribution in [1.29, 1.82) is 0 Å². The van der Waals surface area contributed by atoms with Gasteiger partial charge in [0.15, 0.2) is 0 Å². The first-order chi connectivity index (χ1) is 9.49. The molecule has 1 aliphatic carbocycles. The molecule has 0 saturated heterocycles. The molecule has 0 aromatic heterocycles. The number of aryl methyl sites for hydroxylation is 2. The van der Waals surface area contributed by atoms with Gasteiger partial charge in [-0.2, -0.15) is 0 Å². The molecule has 1 fully saturated rings. The Morgan fingerprint density at radius 3 is 2.25 bits per heavy atom. The lowest BCUT2D eigenvalue weighted by Gasteiger charge is -2.36. The Kier molecular flexibility index (Phi) is 5.26. The maximum Gasteiger partial charge on any atom is 0.0133 e. The minimum atomic E-state index is 0.627. The fourth-order valence-corrected chi connectivity index (χ4v) is 4.03. The molecule has 3 atom stereocenters. The monoisotopic (exact) mass is 273 g/mol. The fraction of sp³-hybridized carbons (Fsp3) is 0.684. The molecule has 3 unspecified atom stereocenters. The molecule has 1 aromatic rings. The van der Waals surface area contributed by atoms with Crippen molar-refractivity contribution in [3.05, 3.63) is 34.9 Å². The molecule has 0 spiro atoms. The van der Waals surface area contributed by atoms with Crippen LogP contribution >= 0.6 is 0 Å². The first-order valence-electron chi connectivity index (χ1n) is 8.23. The number of benzene rings is 1. The summed E-state index contributed by atoms with van der Waals surface area (Å²) in [6.07, 6.45) is 5.36. The van der Waals surface area contributed by atoms with Crippen molar-refractivity contribution in [2.75, 3.05) is 7.05 Å². The van der Waals surface area contributed by atoms with E-state index in [1.165, 1.54) is 42.4 Å². The lowest BCUT2D eigenvalue weighted by molar-refractivity contribution is 0.179. The molecular weight excluding hydrogens is 242 g/mol. The van der Waals surface area contributed by atoms with Crippen LogP contribution in [-0.4, -0.2) is 13.1 Å². The van der Waals surface area contributed by atoms with Crippen molar-refractivity contribution >= 4 is 0 Å². The molecule has 20 heavy (non-hydrogen) atoms. The third-order valence-electron chi connectivity index (χ3n) is 5.18. The van der Waals surface area contributed by atoms with E-state index in [2.05, 4.69) is 58.3 Å². The molecule has 1 aliphatic rings. The molecule has 0 aliphatic heterocycles. The zero-order valence-corrected chi connectivity index (χ0v) is 13.9. The van der Waals surface area contributed by atoms with Gasteiger partial charge in [-0.1, -0.05) is 32.0 Å². The Bertz CT molecular complexity index is 427. The number of likely N-dealkylation sites (N-methyl/N-ethyl adjacent to an activating group) is 1. The average Bonchev–Trinajstić information content (AvgIpc) is 2.38. The van der Waals surface area contributed by atoms with Crippen LogP contribution in [0.15, 0.2) is 18.2 Å². The van der Waals surface area contributed by atoms with Gasteiger partial charge in [0.25, 0.3) is 0 Å². The van der Waals surface area contributed by atoms with E-state index in [0.29, 0.717) is 6.04 Å². The van der Waals surface area contributed by atoms with Gasteiger partial charge in [0.2, 0.25) is 0 Å². The largest absolute Gasteiger partial charge is 0.316 e. The predicted octanol–water partition coefficient (Wildman–Crippen LogP) is 4.51. The minimum absolute atomic E-state index is 0.627. The summed E-state index contributed by atoms with van der Waals surface area (Å²) in [6, 6.07) is 7.57. The predicted molar refractivity (Wildman–Crippen MR) is 88.1 cm³/mol. The van der Waals surface area contributed by atoms with Gasteiger partial charge in [0, 0.05) is 6.04 Å². The summed E-state index contributed by atoms with van der Waals surface area (Å²) < 4.78 is 0. The van der Waals surface area contributed by atoms with Crippen LogP contribution in [0.4, 0.5) is 0 Å².